The van der Waals surface area contributed by atoms with Crippen LogP contribution in [0.1, 0.15) is 44.5 Å². The zero-order valence-electron chi connectivity index (χ0n) is 13.6. The summed E-state index contributed by atoms with van der Waals surface area (Å²) in [4.78, 5) is 23.0. The standard InChI is InChI=1S/C17H24O5/c1-5-20-17(19)14-6-8-15(9-7-14)21-11-13(4)22-16(18)10-12(2)3/h6-9,12-13H,5,10-11H2,1-4H3. The Morgan fingerprint density at radius 3 is 2.27 bits per heavy atom. The number of carbonyl (C=O) groups is 2. The van der Waals surface area contributed by atoms with Crippen molar-refractivity contribution < 1.29 is 23.8 Å². The fourth-order valence-electron chi connectivity index (χ4n) is 1.76. The quantitative estimate of drug-likeness (QED) is 0.690. The molecule has 1 atom stereocenters. The van der Waals surface area contributed by atoms with Gasteiger partial charge in [-0.3, -0.25) is 4.79 Å². The van der Waals surface area contributed by atoms with E-state index < -0.39 is 0 Å². The molecule has 0 N–H and O–H groups in total. The maximum atomic E-state index is 11.5. The van der Waals surface area contributed by atoms with E-state index in [0.717, 1.165) is 0 Å². The third-order valence-corrected chi connectivity index (χ3v) is 2.76. The number of hydrogen-bond acceptors (Lipinski definition) is 5. The first-order valence-corrected chi connectivity index (χ1v) is 7.51. The predicted octanol–water partition coefficient (Wildman–Crippen LogP) is 3.22. The van der Waals surface area contributed by atoms with Crippen LogP contribution < -0.4 is 4.74 Å². The van der Waals surface area contributed by atoms with Gasteiger partial charge in [-0.25, -0.2) is 4.79 Å². The van der Waals surface area contributed by atoms with E-state index >= 15 is 0 Å². The van der Waals surface area contributed by atoms with Gasteiger partial charge >= 0.3 is 11.9 Å². The zero-order chi connectivity index (χ0) is 16.5. The van der Waals surface area contributed by atoms with Crippen LogP contribution in [-0.2, 0) is 14.3 Å². The van der Waals surface area contributed by atoms with Gasteiger partial charge in [0.15, 0.2) is 0 Å². The molecule has 0 fully saturated rings. The van der Waals surface area contributed by atoms with Gasteiger partial charge in [0, 0.05) is 6.42 Å². The van der Waals surface area contributed by atoms with Crippen LogP contribution in [0.3, 0.4) is 0 Å². The van der Waals surface area contributed by atoms with Crippen LogP contribution >= 0.6 is 0 Å². The fraction of sp³-hybridized carbons (Fsp3) is 0.529. The van der Waals surface area contributed by atoms with Crippen molar-refractivity contribution in [2.75, 3.05) is 13.2 Å². The Balaban J connectivity index is 2.41. The van der Waals surface area contributed by atoms with Crippen LogP contribution in [0.15, 0.2) is 24.3 Å². The van der Waals surface area contributed by atoms with E-state index in [1.807, 2.05) is 13.8 Å². The Hall–Kier alpha value is -2.04. The van der Waals surface area contributed by atoms with Gasteiger partial charge in [0.05, 0.1) is 12.2 Å². The van der Waals surface area contributed by atoms with Crippen molar-refractivity contribution >= 4 is 11.9 Å². The number of esters is 2. The minimum Gasteiger partial charge on any atom is -0.490 e. The Bertz CT molecular complexity index is 478. The molecule has 0 saturated carbocycles. The molecule has 1 aromatic rings. The highest BCUT2D eigenvalue weighted by atomic mass is 16.6. The van der Waals surface area contributed by atoms with E-state index in [4.69, 9.17) is 14.2 Å². The van der Waals surface area contributed by atoms with Crippen LogP contribution in [0.25, 0.3) is 0 Å². The molecule has 0 aromatic heterocycles. The number of hydrogen-bond donors (Lipinski definition) is 0. The molecule has 5 heteroatoms. The molecule has 22 heavy (non-hydrogen) atoms. The van der Waals surface area contributed by atoms with Crippen molar-refractivity contribution in [2.24, 2.45) is 5.92 Å². The highest BCUT2D eigenvalue weighted by molar-refractivity contribution is 5.89. The molecule has 0 radical (unpaired) electrons. The lowest BCUT2D eigenvalue weighted by molar-refractivity contribution is -0.150. The Kier molecular flexibility index (Phi) is 7.43. The van der Waals surface area contributed by atoms with E-state index in [0.29, 0.717) is 24.3 Å². The lowest BCUT2D eigenvalue weighted by Gasteiger charge is -2.15. The highest BCUT2D eigenvalue weighted by Gasteiger charge is 2.12. The molecule has 0 aliphatic heterocycles. The lowest BCUT2D eigenvalue weighted by atomic mass is 10.1. The summed E-state index contributed by atoms with van der Waals surface area (Å²) in [5.74, 6) is 0.310. The summed E-state index contributed by atoms with van der Waals surface area (Å²) in [7, 11) is 0. The van der Waals surface area contributed by atoms with Crippen LogP contribution in [0.4, 0.5) is 0 Å². The summed E-state index contributed by atoms with van der Waals surface area (Å²) in [6, 6.07) is 6.66. The lowest BCUT2D eigenvalue weighted by Crippen LogP contribution is -2.22. The third kappa shape index (κ3) is 6.61. The van der Waals surface area contributed by atoms with Gasteiger partial charge in [-0.1, -0.05) is 13.8 Å². The topological polar surface area (TPSA) is 61.8 Å². The third-order valence-electron chi connectivity index (χ3n) is 2.76. The molecule has 0 bridgehead atoms. The van der Waals surface area contributed by atoms with Gasteiger partial charge in [-0.05, 0) is 44.0 Å². The largest absolute Gasteiger partial charge is 0.490 e. The molecule has 0 aliphatic rings. The molecule has 1 unspecified atom stereocenters. The molecule has 0 aliphatic carbocycles. The predicted molar refractivity (Wildman–Crippen MR) is 82.9 cm³/mol. The second-order valence-corrected chi connectivity index (χ2v) is 5.45. The maximum Gasteiger partial charge on any atom is 0.338 e. The molecule has 0 spiro atoms. The maximum absolute atomic E-state index is 11.5. The van der Waals surface area contributed by atoms with E-state index in [-0.39, 0.29) is 30.6 Å². The van der Waals surface area contributed by atoms with Crippen molar-refractivity contribution in [3.63, 3.8) is 0 Å². The van der Waals surface area contributed by atoms with Gasteiger partial charge in [-0.15, -0.1) is 0 Å². The Labute approximate surface area is 131 Å². The number of rotatable bonds is 8. The number of benzene rings is 1. The summed E-state index contributed by atoms with van der Waals surface area (Å²) < 4.78 is 15.7. The summed E-state index contributed by atoms with van der Waals surface area (Å²) in [5, 5.41) is 0. The van der Waals surface area contributed by atoms with Crippen molar-refractivity contribution in [3.05, 3.63) is 29.8 Å². The van der Waals surface area contributed by atoms with E-state index in [2.05, 4.69) is 0 Å². The molecule has 1 aromatic carbocycles. The van der Waals surface area contributed by atoms with Gasteiger partial charge in [0.2, 0.25) is 0 Å². The first-order chi connectivity index (χ1) is 10.4. The summed E-state index contributed by atoms with van der Waals surface area (Å²) in [6.07, 6.45) is 0.0782. The molecule has 1 rings (SSSR count). The Morgan fingerprint density at radius 2 is 1.73 bits per heavy atom. The highest BCUT2D eigenvalue weighted by Crippen LogP contribution is 2.14. The molecule has 0 saturated heterocycles. The zero-order valence-corrected chi connectivity index (χ0v) is 13.6. The first-order valence-electron chi connectivity index (χ1n) is 7.51. The van der Waals surface area contributed by atoms with E-state index in [1.165, 1.54) is 0 Å². The van der Waals surface area contributed by atoms with Gasteiger partial charge < -0.3 is 14.2 Å². The summed E-state index contributed by atoms with van der Waals surface area (Å²) >= 11 is 0. The average molecular weight is 308 g/mol. The summed E-state index contributed by atoms with van der Waals surface area (Å²) in [5.41, 5.74) is 0.477. The van der Waals surface area contributed by atoms with Crippen molar-refractivity contribution in [2.45, 2.75) is 40.2 Å². The number of ether oxygens (including phenoxy) is 3. The first kappa shape index (κ1) is 18.0. The van der Waals surface area contributed by atoms with Crippen molar-refractivity contribution in [3.8, 4) is 5.75 Å². The Morgan fingerprint density at radius 1 is 1.09 bits per heavy atom. The van der Waals surface area contributed by atoms with E-state index in [9.17, 15) is 9.59 Å². The van der Waals surface area contributed by atoms with E-state index in [1.54, 1.807) is 38.1 Å². The number of carbonyl (C=O) groups excluding carboxylic acids is 2. The van der Waals surface area contributed by atoms with Crippen LogP contribution in [-0.4, -0.2) is 31.3 Å². The van der Waals surface area contributed by atoms with Crippen LogP contribution in [0.2, 0.25) is 0 Å². The van der Waals surface area contributed by atoms with Gasteiger partial charge in [-0.2, -0.15) is 0 Å². The average Bonchev–Trinajstić information content (AvgIpc) is 2.45. The molecular weight excluding hydrogens is 284 g/mol. The molecular formula is C17H24O5. The molecule has 122 valence electrons. The smallest absolute Gasteiger partial charge is 0.338 e. The normalized spacial score (nSPS) is 11.9. The van der Waals surface area contributed by atoms with Gasteiger partial charge in [0.1, 0.15) is 18.5 Å². The summed E-state index contributed by atoms with van der Waals surface area (Å²) in [6.45, 7) is 8.09. The van der Waals surface area contributed by atoms with Crippen LogP contribution in [0.5, 0.6) is 5.75 Å². The minimum atomic E-state index is -0.356. The second-order valence-electron chi connectivity index (χ2n) is 5.45. The molecule has 0 amide bonds. The molecule has 0 heterocycles. The minimum absolute atomic E-state index is 0.219. The SMILES string of the molecule is CCOC(=O)c1ccc(OCC(C)OC(=O)CC(C)C)cc1. The van der Waals surface area contributed by atoms with Crippen molar-refractivity contribution in [1.29, 1.82) is 0 Å². The molecule has 5 nitrogen and oxygen atoms in total. The second kappa shape index (κ2) is 9.07. The fourth-order valence-corrected chi connectivity index (χ4v) is 1.76. The van der Waals surface area contributed by atoms with Gasteiger partial charge in [0.25, 0.3) is 0 Å². The monoisotopic (exact) mass is 308 g/mol. The van der Waals surface area contributed by atoms with Crippen molar-refractivity contribution in [1.82, 2.24) is 0 Å². The van der Waals surface area contributed by atoms with Crippen LogP contribution in [0, 0.1) is 5.92 Å².